The first-order valence-corrected chi connectivity index (χ1v) is 56.2. The molecule has 756 valence electrons. The molecule has 0 aliphatic heterocycles. The van der Waals surface area contributed by atoms with Crippen LogP contribution in [0.25, 0.3) is 0 Å². The van der Waals surface area contributed by atoms with Crippen LogP contribution >= 0.6 is 131 Å². The molecule has 16 N–H and O–H groups in total. The molecule has 5 aliphatic carbocycles. The van der Waals surface area contributed by atoms with Gasteiger partial charge in [0, 0.05) is 126 Å². The largest absolute Gasteiger partial charge is 0.393 e. The third kappa shape index (κ3) is 31.4. The number of aliphatic hydroxyl groups excluding tert-OH is 6. The third-order valence-corrected chi connectivity index (χ3v) is 32.9. The van der Waals surface area contributed by atoms with Crippen LogP contribution in [-0.2, 0) is 83.1 Å². The Morgan fingerprint density at radius 2 is 1.00 bits per heavy atom. The molecule has 142 heavy (non-hydrogen) atoms. The van der Waals surface area contributed by atoms with Crippen molar-refractivity contribution in [3.8, 4) is 17.9 Å². The van der Waals surface area contributed by atoms with Gasteiger partial charge in [-0.25, -0.2) is 60.4 Å². The number of carbonyl (C=O) groups is 4. The number of hydrogen-bond acceptors (Lipinski definition) is 38. The highest BCUT2D eigenvalue weighted by Gasteiger charge is 2.41. The van der Waals surface area contributed by atoms with Crippen LogP contribution in [0.2, 0.25) is 23.7 Å². The Morgan fingerprint density at radius 1 is 0.549 bits per heavy atom. The zero-order valence-corrected chi connectivity index (χ0v) is 87.2. The normalized spacial score (nSPS) is 21.0. The Balaban J connectivity index is 0.000000159. The van der Waals surface area contributed by atoms with Crippen LogP contribution in [0, 0.1) is 71.5 Å². The summed E-state index contributed by atoms with van der Waals surface area (Å²) in [5.41, 5.74) is 5.87. The lowest BCUT2D eigenvalue weighted by Crippen LogP contribution is -2.24. The zero-order chi connectivity index (χ0) is 102. The molecule has 11 aromatic rings. The minimum Gasteiger partial charge on any atom is -0.393 e. The molecular formula is C89H92BrCl5N16O22S9. The Hall–Kier alpha value is -8.31. The number of aliphatic hydroxyl groups is 6. The van der Waals surface area contributed by atoms with E-state index in [1.807, 2.05) is 59.5 Å². The minimum absolute atomic E-state index is 0.00671. The van der Waals surface area contributed by atoms with Gasteiger partial charge in [0.05, 0.1) is 113 Å². The summed E-state index contributed by atoms with van der Waals surface area (Å²) < 4.78 is 110. The Bertz CT molecular complexity index is 7030. The number of nitriles is 1. The van der Waals surface area contributed by atoms with Crippen LogP contribution in [0.3, 0.4) is 0 Å². The van der Waals surface area contributed by atoms with Gasteiger partial charge in [0.15, 0.2) is 0 Å². The summed E-state index contributed by atoms with van der Waals surface area (Å²) in [6, 6.07) is 22.3. The number of benzene rings is 2. The number of hydrogen-bond donors (Lipinski definition) is 12. The topological polar surface area (TPSA) is 623 Å². The zero-order valence-electron chi connectivity index (χ0n) is 74.5. The summed E-state index contributed by atoms with van der Waals surface area (Å²) in [5.74, 6) is 4.50. The summed E-state index contributed by atoms with van der Waals surface area (Å²) in [5, 5.41) is 101. The maximum Gasteiger partial charge on any atom is 0.333 e. The van der Waals surface area contributed by atoms with Crippen molar-refractivity contribution in [1.29, 1.82) is 5.26 Å². The Morgan fingerprint density at radius 3 is 1.49 bits per heavy atom. The average Bonchev–Trinajstić information content (AvgIpc) is 1.65. The first-order valence-electron chi connectivity index (χ1n) is 43.3. The number of halogens is 6. The average molecular weight is 2280 g/mol. The minimum atomic E-state index is -4.13. The number of rotatable bonds is 36. The van der Waals surface area contributed by atoms with E-state index in [9.17, 15) is 88.8 Å². The van der Waals surface area contributed by atoms with Crippen molar-refractivity contribution in [3.05, 3.63) is 254 Å². The molecule has 5 saturated carbocycles. The molecule has 16 rings (SSSR count). The van der Waals surface area contributed by atoms with Crippen LogP contribution in [0.5, 0.6) is 0 Å². The fraction of sp³-hybridized carbons (Fsp3) is 0.382. The lowest BCUT2D eigenvalue weighted by molar-refractivity contribution is 0.0997. The summed E-state index contributed by atoms with van der Waals surface area (Å²) >= 11 is 40.9. The molecule has 9 aromatic heterocycles. The molecule has 38 nitrogen and oxygen atoms in total. The molecule has 0 radical (unpaired) electrons. The molecule has 2 aromatic carbocycles. The number of nitrogens with one attached hydrogen (secondary N) is 2. The van der Waals surface area contributed by atoms with E-state index in [1.165, 1.54) is 91.0 Å². The van der Waals surface area contributed by atoms with Gasteiger partial charge in [-0.15, -0.1) is 57.1 Å². The SMILES string of the molecule is Cc1sc(C(=O)c2cncnc2C[C@@H]2C[C@H](COS(N)(=O)=O)[C@@H](O)C2)cc1Cn1cc(Br)cc1C#N.NS(=O)(=O)OC[C@H]1C[C@@H](Cc2ncncc2C(=O)c2cc(CSc3ccccc3Cl)cs2)C[C@@H]1O.NS(=O)(=O)OC[C@H]1C[C@@H](Nc2ncncc2C(=O)c2cc(C(O)C#CC3CC3)c(Cl)s2)C[C@@H]1O.NS(=O)(=O)OC[C@H]1C[C@@H](Nc2ncncc2C(=O)c2cc(C(O)c3cc(Cl)ccc3Cl)c(Cl)s2)C[C@@H]1O. The fourth-order valence-electron chi connectivity index (χ4n) is 16.5. The van der Waals surface area contributed by atoms with Gasteiger partial charge in [0.25, 0.3) is 0 Å². The molecule has 9 heterocycles. The van der Waals surface area contributed by atoms with Crippen LogP contribution in [0.4, 0.5) is 11.6 Å². The van der Waals surface area contributed by atoms with Gasteiger partial charge in [-0.1, -0.05) is 82.0 Å². The van der Waals surface area contributed by atoms with Gasteiger partial charge in [0.1, 0.15) is 65.3 Å². The van der Waals surface area contributed by atoms with E-state index < -0.39 is 95.5 Å². The number of ketones is 4. The second-order valence-corrected chi connectivity index (χ2v) is 47.6. The van der Waals surface area contributed by atoms with Gasteiger partial charge < -0.3 is 45.8 Å². The van der Waals surface area contributed by atoms with Crippen molar-refractivity contribution < 1.29 is 100 Å². The van der Waals surface area contributed by atoms with Crippen molar-refractivity contribution in [2.45, 2.75) is 150 Å². The number of carbonyl (C=O) groups excluding carboxylic acids is 4. The molecule has 0 bridgehead atoms. The first-order chi connectivity index (χ1) is 67.3. The molecule has 5 fully saturated rings. The van der Waals surface area contributed by atoms with E-state index in [4.69, 9.17) is 78.6 Å². The highest BCUT2D eigenvalue weighted by Crippen LogP contribution is 2.44. The highest BCUT2D eigenvalue weighted by molar-refractivity contribution is 9.10. The van der Waals surface area contributed by atoms with Crippen LogP contribution < -0.4 is 31.2 Å². The van der Waals surface area contributed by atoms with Crippen molar-refractivity contribution in [3.63, 3.8) is 0 Å². The van der Waals surface area contributed by atoms with E-state index in [1.54, 1.807) is 30.0 Å². The Kier molecular flexibility index (Phi) is 38.6. The van der Waals surface area contributed by atoms with E-state index in [0.717, 1.165) is 60.9 Å². The second kappa shape index (κ2) is 49.5. The van der Waals surface area contributed by atoms with E-state index in [0.29, 0.717) is 151 Å². The van der Waals surface area contributed by atoms with E-state index in [-0.39, 0.29) is 122 Å². The molecule has 0 amide bonds. The lowest BCUT2D eigenvalue weighted by atomic mass is 9.96. The highest BCUT2D eigenvalue weighted by atomic mass is 79.9. The number of thiophene rings is 4. The lowest BCUT2D eigenvalue weighted by Gasteiger charge is -2.15. The summed E-state index contributed by atoms with van der Waals surface area (Å²) in [6.45, 7) is 1.54. The number of anilines is 2. The predicted octanol–water partition coefficient (Wildman–Crippen LogP) is 11.8. The second-order valence-electron chi connectivity index (χ2n) is 34.0. The van der Waals surface area contributed by atoms with Crippen LogP contribution in [0.15, 0.2) is 144 Å². The number of thioether (sulfide) groups is 1. The summed E-state index contributed by atoms with van der Waals surface area (Å²) in [4.78, 5) is 90.0. The maximum atomic E-state index is 13.4. The van der Waals surface area contributed by atoms with Crippen molar-refractivity contribution in [1.82, 2.24) is 44.4 Å². The van der Waals surface area contributed by atoms with Crippen LogP contribution in [-0.4, -0.2) is 195 Å². The first kappa shape index (κ1) is 111. The quantitative estimate of drug-likeness (QED) is 0.00985. The maximum absolute atomic E-state index is 13.4. The molecule has 0 spiro atoms. The van der Waals surface area contributed by atoms with Crippen LogP contribution in [0.1, 0.15) is 187 Å². The third-order valence-electron chi connectivity index (χ3n) is 23.6. The number of nitrogens with zero attached hydrogens (tertiary/aromatic N) is 10. The molecular weight excluding hydrogens is 2190 g/mol. The predicted molar refractivity (Wildman–Crippen MR) is 537 cm³/mol. The smallest absolute Gasteiger partial charge is 0.333 e. The number of aryl methyl sites for hydroxylation is 1. The van der Waals surface area contributed by atoms with Crippen molar-refractivity contribution in [2.75, 3.05) is 37.1 Å². The van der Waals surface area contributed by atoms with Gasteiger partial charge in [-0.2, -0.15) is 38.9 Å². The molecule has 5 aliphatic rings. The van der Waals surface area contributed by atoms with Crippen molar-refractivity contribution in [2.24, 2.45) is 62.0 Å². The number of nitrogens with two attached hydrogens (primary N) is 4. The molecule has 53 heteroatoms. The van der Waals surface area contributed by atoms with Crippen molar-refractivity contribution >= 4 is 207 Å². The molecule has 2 unspecified atom stereocenters. The Labute approximate surface area is 870 Å². The molecule has 14 atom stereocenters. The summed E-state index contributed by atoms with van der Waals surface area (Å²) in [7, 11) is -16.4. The number of aromatic nitrogens is 9. The van der Waals surface area contributed by atoms with Gasteiger partial charge >= 0.3 is 41.2 Å². The van der Waals surface area contributed by atoms with Gasteiger partial charge in [-0.3, -0.25) is 35.9 Å². The molecule has 0 saturated heterocycles. The van der Waals surface area contributed by atoms with E-state index >= 15 is 0 Å². The fourth-order valence-corrected chi connectivity index (χ4v) is 24.5. The monoisotopic (exact) mass is 2280 g/mol. The van der Waals surface area contributed by atoms with E-state index in [2.05, 4.69) is 101 Å². The standard InChI is InChI=1S/C23H24BrN5O5S2.C23H24ClN3O5S3.C22H21Cl3N4O6S2.C21H23ClN4O6S2/c1-13-15(9-29-10-17(24)6-18(29)7-25)5-22(35-13)23(31)19-8-27-12-28-20(19)3-14-2-16(21(30)4-14)11-34-36(26,32)33;24-18-3-1-2-4-21(18)33-11-15-8-22(34-12-15)23(29)17-9-26-13-27-19(17)6-14-5-16(20(28)7-14)10-32-35(25,30)31;23-11-1-2-16(24)13(4-11)19(31)14-6-18(36-21(14)25)20(32)15-7-27-9-28-22(15)29-12-3-10(17(30)5-12)8-35-37(26,33)34;22-20-14(16(27)4-3-11-1-2-11)7-18(33-20)19(29)15-8-24-10-25-21(15)26-13-5-12(17(28)6-13)9-32-34(23,30)31/h5-6,8,10,12,14,16,21,30H,2-4,9,11H2,1H3,(H2,26,32,33);1-4,8-9,12-14,16,20,28H,5-7,10-11H2,(H2,25,30,31);1-2,4,6-7,9-10,12,17,19,30-31H,3,5,8H2,(H2,26,33,34)(H,27,28,29);7-8,10-13,16-17,27-28H,1-2,5-6,9H2,(H2,23,30,31)(H,24,25,26)/t14-,16+,21-;14-,16+,20-;10-,12-,17+,19?;12-,13-,16?,17+/m0011/s1. The summed E-state index contributed by atoms with van der Waals surface area (Å²) in [6.07, 6.45) is 13.8. The van der Waals surface area contributed by atoms with Gasteiger partial charge in [0.2, 0.25) is 23.1 Å². The van der Waals surface area contributed by atoms with Gasteiger partial charge in [-0.05, 0) is 189 Å².